The quantitative estimate of drug-likeness (QED) is 0.159. The van der Waals surface area contributed by atoms with Crippen molar-refractivity contribution in [1.82, 2.24) is 4.90 Å². The van der Waals surface area contributed by atoms with Gasteiger partial charge in [-0.25, -0.2) is 0 Å². The van der Waals surface area contributed by atoms with Crippen molar-refractivity contribution in [3.8, 4) is 0 Å². The zero-order valence-corrected chi connectivity index (χ0v) is 19.5. The van der Waals surface area contributed by atoms with E-state index < -0.39 is 5.54 Å². The average molecular weight is 440 g/mol. The lowest BCUT2D eigenvalue weighted by atomic mass is 9.76. The molecule has 0 aliphatic carbocycles. The molecule has 0 amide bonds. The first-order valence-corrected chi connectivity index (χ1v) is 11.7. The Labute approximate surface area is 196 Å². The molecular formula is C29H29NOS. The van der Waals surface area contributed by atoms with Crippen LogP contribution in [0, 0.1) is 6.92 Å². The highest BCUT2D eigenvalue weighted by molar-refractivity contribution is 7.94. The van der Waals surface area contributed by atoms with E-state index in [0.29, 0.717) is 6.61 Å². The Morgan fingerprint density at radius 3 is 1.53 bits per heavy atom. The monoisotopic (exact) mass is 439 g/mol. The van der Waals surface area contributed by atoms with Crippen LogP contribution in [0.5, 0.6) is 0 Å². The summed E-state index contributed by atoms with van der Waals surface area (Å²) in [5.74, 6) is 0. The minimum Gasteiger partial charge on any atom is -0.309 e. The first-order chi connectivity index (χ1) is 15.7. The van der Waals surface area contributed by atoms with Crippen LogP contribution in [-0.2, 0) is 9.72 Å². The number of aryl methyl sites for hydroxylation is 1. The standard InChI is InChI=1S/C29H29NOS/c1-24-18-20-28(21-19-24)32-31-23-22-30(2)29(25-12-6-3-7-13-25,26-14-8-4-9-15-26)27-16-10-5-11-17-27/h3-21H,22-23H2,1-2H3. The number of hydrogen-bond donors (Lipinski definition) is 0. The van der Waals surface area contributed by atoms with Gasteiger partial charge in [-0.15, -0.1) is 0 Å². The van der Waals surface area contributed by atoms with Crippen LogP contribution in [0.15, 0.2) is 120 Å². The van der Waals surface area contributed by atoms with Crippen LogP contribution in [0.1, 0.15) is 22.3 Å². The molecule has 0 heterocycles. The predicted molar refractivity (Wildman–Crippen MR) is 135 cm³/mol. The maximum absolute atomic E-state index is 6.01. The Bertz CT molecular complexity index is 986. The number of nitrogens with zero attached hydrogens (tertiary/aromatic N) is 1. The van der Waals surface area contributed by atoms with Gasteiger partial charge >= 0.3 is 0 Å². The second-order valence-corrected chi connectivity index (χ2v) is 8.82. The third-order valence-corrected chi connectivity index (χ3v) is 6.58. The van der Waals surface area contributed by atoms with E-state index in [1.165, 1.54) is 34.3 Å². The van der Waals surface area contributed by atoms with E-state index in [-0.39, 0.29) is 0 Å². The van der Waals surface area contributed by atoms with E-state index in [1.54, 1.807) is 0 Å². The summed E-state index contributed by atoms with van der Waals surface area (Å²) in [6.07, 6.45) is 0. The van der Waals surface area contributed by atoms with Crippen LogP contribution in [-0.4, -0.2) is 25.1 Å². The molecule has 32 heavy (non-hydrogen) atoms. The largest absolute Gasteiger partial charge is 0.309 e. The van der Waals surface area contributed by atoms with Crippen molar-refractivity contribution in [2.75, 3.05) is 20.2 Å². The highest BCUT2D eigenvalue weighted by Crippen LogP contribution is 2.41. The summed E-state index contributed by atoms with van der Waals surface area (Å²) in [5.41, 5.74) is 4.57. The lowest BCUT2D eigenvalue weighted by molar-refractivity contribution is 0.170. The van der Waals surface area contributed by atoms with Gasteiger partial charge in [0, 0.05) is 23.5 Å². The van der Waals surface area contributed by atoms with Crippen molar-refractivity contribution >= 4 is 12.0 Å². The molecular weight excluding hydrogens is 410 g/mol. The van der Waals surface area contributed by atoms with E-state index in [2.05, 4.69) is 134 Å². The van der Waals surface area contributed by atoms with E-state index in [9.17, 15) is 0 Å². The topological polar surface area (TPSA) is 12.5 Å². The average Bonchev–Trinajstić information content (AvgIpc) is 2.85. The molecule has 0 saturated heterocycles. The molecule has 2 nitrogen and oxygen atoms in total. The third-order valence-electron chi connectivity index (χ3n) is 5.83. The number of benzene rings is 4. The summed E-state index contributed by atoms with van der Waals surface area (Å²) in [6, 6.07) is 40.7. The maximum Gasteiger partial charge on any atom is 0.0971 e. The summed E-state index contributed by atoms with van der Waals surface area (Å²) >= 11 is 1.44. The van der Waals surface area contributed by atoms with Gasteiger partial charge < -0.3 is 4.18 Å². The Morgan fingerprint density at radius 2 is 1.09 bits per heavy atom. The summed E-state index contributed by atoms with van der Waals surface area (Å²) in [7, 11) is 2.19. The molecule has 0 atom stereocenters. The van der Waals surface area contributed by atoms with Crippen molar-refractivity contribution in [2.45, 2.75) is 17.4 Å². The fraction of sp³-hybridized carbons (Fsp3) is 0.172. The lowest BCUT2D eigenvalue weighted by Crippen LogP contribution is -2.47. The molecule has 0 aliphatic rings. The molecule has 4 aromatic carbocycles. The molecule has 3 heteroatoms. The summed E-state index contributed by atoms with van der Waals surface area (Å²) < 4.78 is 6.01. The van der Waals surface area contributed by atoms with Crippen LogP contribution in [0.25, 0.3) is 0 Å². The van der Waals surface area contributed by atoms with Crippen molar-refractivity contribution in [3.63, 3.8) is 0 Å². The molecule has 0 unspecified atom stereocenters. The smallest absolute Gasteiger partial charge is 0.0971 e. The van der Waals surface area contributed by atoms with Crippen LogP contribution in [0.2, 0.25) is 0 Å². The normalized spacial score (nSPS) is 11.6. The molecule has 0 fully saturated rings. The van der Waals surface area contributed by atoms with Gasteiger partial charge in [-0.2, -0.15) is 0 Å². The highest BCUT2D eigenvalue weighted by atomic mass is 32.2. The van der Waals surface area contributed by atoms with Gasteiger partial charge in [0.05, 0.1) is 12.1 Å². The molecule has 4 rings (SSSR count). The fourth-order valence-corrected chi connectivity index (χ4v) is 4.79. The van der Waals surface area contributed by atoms with Gasteiger partial charge in [-0.05, 0) is 42.8 Å². The number of hydrogen-bond acceptors (Lipinski definition) is 3. The summed E-state index contributed by atoms with van der Waals surface area (Å²) in [4.78, 5) is 3.53. The Morgan fingerprint density at radius 1 is 0.656 bits per heavy atom. The summed E-state index contributed by atoms with van der Waals surface area (Å²) in [6.45, 7) is 3.49. The fourth-order valence-electron chi connectivity index (χ4n) is 4.24. The maximum atomic E-state index is 6.01. The Hall–Kier alpha value is -2.85. The van der Waals surface area contributed by atoms with Crippen molar-refractivity contribution in [1.29, 1.82) is 0 Å². The molecule has 0 aliphatic heterocycles. The summed E-state index contributed by atoms with van der Waals surface area (Å²) in [5, 5.41) is 0. The van der Waals surface area contributed by atoms with Crippen molar-refractivity contribution in [2.24, 2.45) is 0 Å². The molecule has 162 valence electrons. The van der Waals surface area contributed by atoms with Gasteiger partial charge in [0.25, 0.3) is 0 Å². The van der Waals surface area contributed by atoms with Crippen LogP contribution < -0.4 is 0 Å². The lowest BCUT2D eigenvalue weighted by Gasteiger charge is -2.43. The molecule has 0 N–H and O–H groups in total. The second kappa shape index (κ2) is 10.6. The van der Waals surface area contributed by atoms with Gasteiger partial charge in [0.2, 0.25) is 0 Å². The first-order valence-electron chi connectivity index (χ1n) is 10.9. The molecule has 4 aromatic rings. The zero-order chi connectivity index (χ0) is 22.2. The van der Waals surface area contributed by atoms with E-state index in [4.69, 9.17) is 4.18 Å². The Balaban J connectivity index is 1.65. The third kappa shape index (κ3) is 4.81. The molecule has 0 saturated carbocycles. The van der Waals surface area contributed by atoms with Crippen molar-refractivity contribution in [3.05, 3.63) is 138 Å². The number of likely N-dealkylation sites (N-methyl/N-ethyl adjacent to an activating group) is 1. The Kier molecular flexibility index (Phi) is 7.43. The first kappa shape index (κ1) is 22.3. The van der Waals surface area contributed by atoms with Crippen LogP contribution in [0.4, 0.5) is 0 Å². The second-order valence-electron chi connectivity index (χ2n) is 7.95. The molecule has 0 spiro atoms. The molecule has 0 bridgehead atoms. The van der Waals surface area contributed by atoms with Gasteiger partial charge in [0.15, 0.2) is 0 Å². The predicted octanol–water partition coefficient (Wildman–Crippen LogP) is 6.94. The minimum absolute atomic E-state index is 0.415. The van der Waals surface area contributed by atoms with E-state index >= 15 is 0 Å². The number of rotatable bonds is 9. The molecule has 0 aromatic heterocycles. The van der Waals surface area contributed by atoms with Gasteiger partial charge in [-0.3, -0.25) is 4.90 Å². The van der Waals surface area contributed by atoms with Crippen LogP contribution >= 0.6 is 12.0 Å². The van der Waals surface area contributed by atoms with Gasteiger partial charge in [0.1, 0.15) is 0 Å². The SMILES string of the molecule is Cc1ccc(SOCCN(C)C(c2ccccc2)(c2ccccc2)c2ccccc2)cc1. The minimum atomic E-state index is -0.415. The highest BCUT2D eigenvalue weighted by Gasteiger charge is 2.39. The van der Waals surface area contributed by atoms with E-state index in [0.717, 1.165) is 11.4 Å². The van der Waals surface area contributed by atoms with E-state index in [1.807, 2.05) is 0 Å². The zero-order valence-electron chi connectivity index (χ0n) is 18.6. The van der Waals surface area contributed by atoms with Crippen LogP contribution in [0.3, 0.4) is 0 Å². The molecule has 0 radical (unpaired) electrons. The van der Waals surface area contributed by atoms with Gasteiger partial charge in [-0.1, -0.05) is 109 Å². The van der Waals surface area contributed by atoms with Crippen molar-refractivity contribution < 1.29 is 4.18 Å².